The molecule has 0 radical (unpaired) electrons. The van der Waals surface area contributed by atoms with Crippen LogP contribution in [0.15, 0.2) is 0 Å². The number of hydrogen-bond donors (Lipinski definition) is 1. The molecule has 0 aromatic heterocycles. The zero-order chi connectivity index (χ0) is 26.5. The van der Waals surface area contributed by atoms with E-state index in [4.69, 9.17) is 0 Å². The van der Waals surface area contributed by atoms with Crippen molar-refractivity contribution in [3.8, 4) is 0 Å². The molecule has 0 aliphatic rings. The molecule has 0 amide bonds. The Bertz CT molecular complexity index is 439. The average molecular weight is 527 g/mol. The lowest BCUT2D eigenvalue weighted by Crippen LogP contribution is -2.17. The van der Waals surface area contributed by atoms with Crippen molar-refractivity contribution in [2.75, 3.05) is 0 Å². The smallest absolute Gasteiger partial charge is 0.316 e. The summed E-state index contributed by atoms with van der Waals surface area (Å²) in [5, 5.41) is 9.63. The van der Waals surface area contributed by atoms with Crippen molar-refractivity contribution in [1.29, 1.82) is 0 Å². The Morgan fingerprint density at radius 1 is 0.500 bits per heavy atom. The third-order valence-corrected chi connectivity index (χ3v) is 9.22. The minimum Gasteiger partial charge on any atom is -0.480 e. The molecule has 2 atom stereocenters. The minimum absolute atomic E-state index is 0.269. The highest BCUT2D eigenvalue weighted by molar-refractivity contribution is 8.01. The van der Waals surface area contributed by atoms with Crippen LogP contribution in [0.4, 0.5) is 0 Å². The second-order valence-corrected chi connectivity index (χ2v) is 13.1. The molecular formula is C33H66O2S. The Hall–Kier alpha value is -0.180. The van der Waals surface area contributed by atoms with Crippen molar-refractivity contribution in [2.24, 2.45) is 0 Å². The summed E-state index contributed by atoms with van der Waals surface area (Å²) in [6.07, 6.45) is 37.2. The molecule has 0 spiro atoms. The standard InChI is InChI=1S/C33H66O2S/c1-4-6-8-10-12-14-16-17-18-19-20-22-24-26-28-30-32(36-31(3)33(34)35)29-27-25-23-21-15-13-11-9-7-5-2/h31-32H,4-30H2,1-3H3,(H,34,35). The maximum absolute atomic E-state index is 11.4. The van der Waals surface area contributed by atoms with Crippen molar-refractivity contribution in [2.45, 2.75) is 205 Å². The Kier molecular flexibility index (Phi) is 29.2. The van der Waals surface area contributed by atoms with Crippen LogP contribution in [-0.4, -0.2) is 21.6 Å². The lowest BCUT2D eigenvalue weighted by molar-refractivity contribution is -0.136. The number of hydrogen-bond acceptors (Lipinski definition) is 2. The minimum atomic E-state index is -0.649. The number of carboxylic acids is 1. The van der Waals surface area contributed by atoms with Crippen LogP contribution in [0.2, 0.25) is 0 Å². The molecule has 0 aromatic rings. The van der Waals surface area contributed by atoms with E-state index in [0.29, 0.717) is 5.25 Å². The predicted molar refractivity (Wildman–Crippen MR) is 164 cm³/mol. The van der Waals surface area contributed by atoms with Crippen LogP contribution in [-0.2, 0) is 4.79 Å². The largest absolute Gasteiger partial charge is 0.480 e. The van der Waals surface area contributed by atoms with Crippen molar-refractivity contribution in [3.05, 3.63) is 0 Å². The molecule has 0 saturated carbocycles. The van der Waals surface area contributed by atoms with Gasteiger partial charge in [-0.3, -0.25) is 4.79 Å². The summed E-state index contributed by atoms with van der Waals surface area (Å²) in [5.41, 5.74) is 0. The highest BCUT2D eigenvalue weighted by atomic mass is 32.2. The summed E-state index contributed by atoms with van der Waals surface area (Å²) in [5.74, 6) is -0.649. The second-order valence-electron chi connectivity index (χ2n) is 11.4. The first-order chi connectivity index (χ1) is 17.6. The van der Waals surface area contributed by atoms with E-state index in [2.05, 4.69) is 13.8 Å². The third-order valence-electron chi connectivity index (χ3n) is 7.75. The van der Waals surface area contributed by atoms with E-state index in [-0.39, 0.29) is 5.25 Å². The molecule has 36 heavy (non-hydrogen) atoms. The third kappa shape index (κ3) is 26.9. The number of carboxylic acid groups (broad SMARTS) is 1. The van der Waals surface area contributed by atoms with Crippen molar-refractivity contribution < 1.29 is 9.90 Å². The van der Waals surface area contributed by atoms with Gasteiger partial charge in [-0.1, -0.05) is 174 Å². The lowest BCUT2D eigenvalue weighted by Gasteiger charge is -2.19. The van der Waals surface area contributed by atoms with Gasteiger partial charge >= 0.3 is 5.97 Å². The first-order valence-corrected chi connectivity index (χ1v) is 17.4. The Morgan fingerprint density at radius 3 is 1.00 bits per heavy atom. The molecule has 3 heteroatoms. The fourth-order valence-electron chi connectivity index (χ4n) is 5.23. The van der Waals surface area contributed by atoms with Gasteiger partial charge in [-0.2, -0.15) is 0 Å². The molecule has 2 unspecified atom stereocenters. The second kappa shape index (κ2) is 29.4. The topological polar surface area (TPSA) is 37.3 Å². The van der Waals surface area contributed by atoms with Crippen molar-refractivity contribution in [3.63, 3.8) is 0 Å². The Morgan fingerprint density at radius 2 is 0.750 bits per heavy atom. The van der Waals surface area contributed by atoms with E-state index < -0.39 is 5.97 Å². The highest BCUT2D eigenvalue weighted by Gasteiger charge is 2.18. The highest BCUT2D eigenvalue weighted by Crippen LogP contribution is 2.28. The molecule has 0 fully saturated rings. The SMILES string of the molecule is CCCCCCCCCCCCCCCCCC(CCCCCCCCCCCC)SC(C)C(=O)O. The molecule has 0 aromatic carbocycles. The monoisotopic (exact) mass is 526 g/mol. The zero-order valence-corrected chi connectivity index (χ0v) is 25.8. The maximum atomic E-state index is 11.4. The lowest BCUT2D eigenvalue weighted by atomic mass is 10.0. The first kappa shape index (κ1) is 35.8. The maximum Gasteiger partial charge on any atom is 0.316 e. The molecule has 1 N–H and O–H groups in total. The van der Waals surface area contributed by atoms with E-state index in [1.54, 1.807) is 11.8 Å². The van der Waals surface area contributed by atoms with Gasteiger partial charge in [-0.05, 0) is 19.8 Å². The summed E-state index contributed by atoms with van der Waals surface area (Å²) in [7, 11) is 0. The quantitative estimate of drug-likeness (QED) is 0.0945. The summed E-state index contributed by atoms with van der Waals surface area (Å²) in [6, 6.07) is 0. The van der Waals surface area contributed by atoms with Gasteiger partial charge < -0.3 is 5.11 Å². The number of unbranched alkanes of at least 4 members (excludes halogenated alkanes) is 23. The molecule has 216 valence electrons. The predicted octanol–water partition coefficient (Wildman–Crippen LogP) is 12.1. The van der Waals surface area contributed by atoms with Crippen LogP contribution < -0.4 is 0 Å². The van der Waals surface area contributed by atoms with E-state index in [9.17, 15) is 9.90 Å². The van der Waals surface area contributed by atoms with Crippen LogP contribution in [0.5, 0.6) is 0 Å². The normalized spacial score (nSPS) is 13.2. The van der Waals surface area contributed by atoms with Gasteiger partial charge in [0, 0.05) is 5.25 Å². The number of carbonyl (C=O) groups is 1. The summed E-state index contributed by atoms with van der Waals surface area (Å²) in [6.45, 7) is 6.44. The molecule has 0 aliphatic carbocycles. The first-order valence-electron chi connectivity index (χ1n) is 16.5. The summed E-state index contributed by atoms with van der Waals surface area (Å²) in [4.78, 5) is 11.4. The number of thioether (sulfide) groups is 1. The number of aliphatic carboxylic acids is 1. The molecule has 0 saturated heterocycles. The van der Waals surface area contributed by atoms with Crippen molar-refractivity contribution >= 4 is 17.7 Å². The van der Waals surface area contributed by atoms with Gasteiger partial charge in [0.15, 0.2) is 0 Å². The van der Waals surface area contributed by atoms with Gasteiger partial charge in [0.25, 0.3) is 0 Å². The van der Waals surface area contributed by atoms with Gasteiger partial charge in [0.2, 0.25) is 0 Å². The zero-order valence-electron chi connectivity index (χ0n) is 25.0. The van der Waals surface area contributed by atoms with Gasteiger partial charge in [-0.25, -0.2) is 0 Å². The van der Waals surface area contributed by atoms with E-state index in [1.165, 1.54) is 173 Å². The molecule has 2 nitrogen and oxygen atoms in total. The number of rotatable bonds is 30. The van der Waals surface area contributed by atoms with Crippen molar-refractivity contribution in [1.82, 2.24) is 0 Å². The van der Waals surface area contributed by atoms with Gasteiger partial charge in [0.05, 0.1) is 5.25 Å². The Labute approximate surface area is 231 Å². The van der Waals surface area contributed by atoms with E-state index in [1.807, 2.05) is 6.92 Å². The molecule has 0 rings (SSSR count). The van der Waals surface area contributed by atoms with Crippen LogP contribution >= 0.6 is 11.8 Å². The van der Waals surface area contributed by atoms with Gasteiger partial charge in [0.1, 0.15) is 0 Å². The molecular weight excluding hydrogens is 460 g/mol. The van der Waals surface area contributed by atoms with Crippen LogP contribution in [0.25, 0.3) is 0 Å². The van der Waals surface area contributed by atoms with E-state index in [0.717, 1.165) is 0 Å². The van der Waals surface area contributed by atoms with Crippen LogP contribution in [0, 0.1) is 0 Å². The molecule has 0 aliphatic heterocycles. The van der Waals surface area contributed by atoms with Gasteiger partial charge in [-0.15, -0.1) is 11.8 Å². The van der Waals surface area contributed by atoms with E-state index >= 15 is 0 Å². The Balaban J connectivity index is 3.70. The average Bonchev–Trinajstić information content (AvgIpc) is 2.87. The summed E-state index contributed by atoms with van der Waals surface area (Å²) >= 11 is 1.72. The molecule has 0 heterocycles. The van der Waals surface area contributed by atoms with Crippen LogP contribution in [0.1, 0.15) is 194 Å². The summed E-state index contributed by atoms with van der Waals surface area (Å²) < 4.78 is 0. The fourth-order valence-corrected chi connectivity index (χ4v) is 6.53. The van der Waals surface area contributed by atoms with Crippen LogP contribution in [0.3, 0.4) is 0 Å². The fraction of sp³-hybridized carbons (Fsp3) is 0.970. The molecule has 0 bridgehead atoms.